The van der Waals surface area contributed by atoms with Gasteiger partial charge in [-0.05, 0) is 62.9 Å². The average Bonchev–Trinajstić information content (AvgIpc) is 2.99. The normalized spacial score (nSPS) is 16.8. The predicted molar refractivity (Wildman–Crippen MR) is 131 cm³/mol. The van der Waals surface area contributed by atoms with E-state index in [4.69, 9.17) is 16.6 Å². The Morgan fingerprint density at radius 3 is 2.91 bits per heavy atom. The van der Waals surface area contributed by atoms with Gasteiger partial charge in [-0.3, -0.25) is 19.9 Å². The van der Waals surface area contributed by atoms with Crippen molar-refractivity contribution in [3.05, 3.63) is 65.0 Å². The molecule has 1 aliphatic rings. The quantitative estimate of drug-likeness (QED) is 0.527. The Bertz CT molecular complexity index is 1200. The van der Waals surface area contributed by atoms with Crippen LogP contribution in [-0.2, 0) is 4.79 Å². The third-order valence-electron chi connectivity index (χ3n) is 5.86. The highest BCUT2D eigenvalue weighted by Crippen LogP contribution is 2.34. The zero-order valence-corrected chi connectivity index (χ0v) is 19.7. The van der Waals surface area contributed by atoms with Crippen LogP contribution in [-0.4, -0.2) is 44.3 Å². The van der Waals surface area contributed by atoms with E-state index in [9.17, 15) is 9.59 Å². The number of aromatic nitrogens is 3. The van der Waals surface area contributed by atoms with Gasteiger partial charge in [0.1, 0.15) is 0 Å². The molecule has 0 bridgehead atoms. The fourth-order valence-corrected chi connectivity index (χ4v) is 4.53. The Hall–Kier alpha value is -3.19. The van der Waals surface area contributed by atoms with E-state index in [1.807, 2.05) is 47.6 Å². The first-order valence-electron chi connectivity index (χ1n) is 11.3. The van der Waals surface area contributed by atoms with Crippen LogP contribution in [0.3, 0.4) is 0 Å². The van der Waals surface area contributed by atoms with Crippen molar-refractivity contribution >= 4 is 40.4 Å². The zero-order chi connectivity index (χ0) is 23.4. The lowest BCUT2D eigenvalue weighted by Crippen LogP contribution is -2.34. The summed E-state index contributed by atoms with van der Waals surface area (Å²) in [5.41, 5.74) is 2.74. The second kappa shape index (κ2) is 10.2. The molecule has 0 radical (unpaired) electrons. The minimum absolute atomic E-state index is 0.0112. The van der Waals surface area contributed by atoms with E-state index in [2.05, 4.69) is 10.3 Å². The van der Waals surface area contributed by atoms with Gasteiger partial charge in [-0.25, -0.2) is 4.98 Å². The highest BCUT2D eigenvalue weighted by atomic mass is 35.5. The van der Waals surface area contributed by atoms with Crippen LogP contribution in [0.4, 0.5) is 5.95 Å². The van der Waals surface area contributed by atoms with Gasteiger partial charge in [0.25, 0.3) is 5.91 Å². The summed E-state index contributed by atoms with van der Waals surface area (Å²) in [5, 5.41) is 3.54. The Kier molecular flexibility index (Phi) is 7.08. The molecule has 0 saturated carbocycles. The van der Waals surface area contributed by atoms with Crippen molar-refractivity contribution < 1.29 is 9.59 Å². The number of likely N-dealkylation sites (tertiary alicyclic amines) is 1. The van der Waals surface area contributed by atoms with E-state index in [0.29, 0.717) is 35.1 Å². The topological polar surface area (TPSA) is 80.1 Å². The van der Waals surface area contributed by atoms with Crippen molar-refractivity contribution in [1.82, 2.24) is 19.4 Å². The van der Waals surface area contributed by atoms with Crippen LogP contribution in [0.1, 0.15) is 54.7 Å². The van der Waals surface area contributed by atoms with Crippen LogP contribution < -0.4 is 5.32 Å². The molecule has 1 fully saturated rings. The number of anilines is 1. The number of carbonyl (C=O) groups is 2. The summed E-state index contributed by atoms with van der Waals surface area (Å²) >= 11 is 6.60. The number of halogens is 1. The fraction of sp³-hybridized carbons (Fsp3) is 0.360. The number of allylic oxidation sites excluding steroid dienone is 1. The first-order chi connectivity index (χ1) is 16.0. The second-order valence-electron chi connectivity index (χ2n) is 8.30. The number of aryl methyl sites for hydroxylation is 1. The largest absolute Gasteiger partial charge is 0.337 e. The number of rotatable bonds is 5. The molecule has 3 heterocycles. The molecule has 0 unspecified atom stereocenters. The summed E-state index contributed by atoms with van der Waals surface area (Å²) in [6.45, 7) is 5.09. The van der Waals surface area contributed by atoms with Crippen molar-refractivity contribution in [3.8, 4) is 0 Å². The van der Waals surface area contributed by atoms with E-state index in [0.717, 1.165) is 36.9 Å². The Labute approximate surface area is 198 Å². The fourth-order valence-electron chi connectivity index (χ4n) is 4.27. The van der Waals surface area contributed by atoms with Gasteiger partial charge in [0.2, 0.25) is 11.9 Å². The van der Waals surface area contributed by atoms with E-state index in [1.54, 1.807) is 24.4 Å². The molecule has 8 heteroatoms. The summed E-state index contributed by atoms with van der Waals surface area (Å²) in [7, 11) is 0. The van der Waals surface area contributed by atoms with Crippen molar-refractivity contribution in [1.29, 1.82) is 0 Å². The summed E-state index contributed by atoms with van der Waals surface area (Å²) in [6, 6.07) is 8.90. The van der Waals surface area contributed by atoms with Crippen LogP contribution >= 0.6 is 11.6 Å². The highest BCUT2D eigenvalue weighted by Gasteiger charge is 2.27. The van der Waals surface area contributed by atoms with Crippen molar-refractivity contribution in [2.75, 3.05) is 18.4 Å². The molecule has 0 aliphatic carbocycles. The van der Waals surface area contributed by atoms with Gasteiger partial charge in [0.15, 0.2) is 0 Å². The van der Waals surface area contributed by atoms with Gasteiger partial charge in [-0.2, -0.15) is 0 Å². The van der Waals surface area contributed by atoms with Crippen LogP contribution in [0.15, 0.2) is 48.7 Å². The van der Waals surface area contributed by atoms with E-state index in [1.165, 1.54) is 0 Å². The molecule has 2 amide bonds. The molecule has 33 heavy (non-hydrogen) atoms. The number of imidazole rings is 1. The number of nitrogens with one attached hydrogen (secondary N) is 1. The SMILES string of the molecule is CC/C=C/C(=O)N1CCCC[C@@H](n2c(NC(=O)c3ccnc(C)c3)nc3cccc(Cl)c32)C1. The summed E-state index contributed by atoms with van der Waals surface area (Å²) in [4.78, 5) is 36.5. The molecule has 7 nitrogen and oxygen atoms in total. The molecule has 2 aromatic heterocycles. The number of hydrogen-bond acceptors (Lipinski definition) is 4. The monoisotopic (exact) mass is 465 g/mol. The summed E-state index contributed by atoms with van der Waals surface area (Å²) in [6.07, 6.45) is 8.71. The van der Waals surface area contributed by atoms with Gasteiger partial charge in [-0.15, -0.1) is 0 Å². The molecule has 1 atom stereocenters. The van der Waals surface area contributed by atoms with Crippen molar-refractivity contribution in [2.24, 2.45) is 0 Å². The second-order valence-corrected chi connectivity index (χ2v) is 8.70. The molecule has 1 aromatic carbocycles. The van der Waals surface area contributed by atoms with E-state index in [-0.39, 0.29) is 17.9 Å². The van der Waals surface area contributed by atoms with Crippen molar-refractivity contribution in [2.45, 2.75) is 45.6 Å². The molecule has 1 N–H and O–H groups in total. The van der Waals surface area contributed by atoms with Gasteiger partial charge in [-0.1, -0.05) is 30.7 Å². The highest BCUT2D eigenvalue weighted by molar-refractivity contribution is 6.35. The minimum Gasteiger partial charge on any atom is -0.337 e. The van der Waals surface area contributed by atoms with Gasteiger partial charge in [0, 0.05) is 30.5 Å². The van der Waals surface area contributed by atoms with Gasteiger partial charge in [0.05, 0.1) is 22.1 Å². The van der Waals surface area contributed by atoms with Gasteiger partial charge >= 0.3 is 0 Å². The Balaban J connectivity index is 1.73. The lowest BCUT2D eigenvalue weighted by molar-refractivity contribution is -0.126. The van der Waals surface area contributed by atoms with Crippen LogP contribution in [0, 0.1) is 6.92 Å². The predicted octanol–water partition coefficient (Wildman–Crippen LogP) is 5.17. The van der Waals surface area contributed by atoms with E-state index < -0.39 is 0 Å². The average molecular weight is 466 g/mol. The molecular weight excluding hydrogens is 438 g/mol. The molecular formula is C25H28ClN5O2. The minimum atomic E-state index is -0.263. The third kappa shape index (κ3) is 5.09. The summed E-state index contributed by atoms with van der Waals surface area (Å²) < 4.78 is 2.00. The first-order valence-corrected chi connectivity index (χ1v) is 11.7. The number of amides is 2. The summed E-state index contributed by atoms with van der Waals surface area (Å²) in [5.74, 6) is 0.179. The lowest BCUT2D eigenvalue weighted by Gasteiger charge is -2.26. The number of carbonyl (C=O) groups excluding carboxylic acids is 2. The number of pyridine rings is 1. The van der Waals surface area contributed by atoms with Gasteiger partial charge < -0.3 is 9.47 Å². The number of fused-ring (bicyclic) bond motifs is 1. The lowest BCUT2D eigenvalue weighted by atomic mass is 10.1. The molecule has 1 aliphatic heterocycles. The maximum atomic E-state index is 13.0. The Morgan fingerprint density at radius 2 is 2.12 bits per heavy atom. The van der Waals surface area contributed by atoms with Crippen LogP contribution in [0.2, 0.25) is 5.02 Å². The molecule has 4 rings (SSSR count). The standard InChI is InChI=1S/C25H28ClN5O2/c1-3-4-11-22(32)30-14-6-5-8-19(16-30)31-23-20(26)9-7-10-21(23)28-25(31)29-24(33)18-12-13-27-17(2)15-18/h4,7,9-13,15,19H,3,5-6,8,14,16H2,1-2H3,(H,28,29,33)/b11-4+/t19-/m1/s1. The maximum absolute atomic E-state index is 13.0. The molecule has 3 aromatic rings. The molecule has 0 spiro atoms. The van der Waals surface area contributed by atoms with Crippen LogP contribution in [0.5, 0.6) is 0 Å². The maximum Gasteiger partial charge on any atom is 0.258 e. The number of hydrogen-bond donors (Lipinski definition) is 1. The van der Waals surface area contributed by atoms with Crippen molar-refractivity contribution in [3.63, 3.8) is 0 Å². The number of benzene rings is 1. The number of nitrogens with zero attached hydrogens (tertiary/aromatic N) is 4. The Morgan fingerprint density at radius 1 is 1.27 bits per heavy atom. The zero-order valence-electron chi connectivity index (χ0n) is 18.9. The molecule has 1 saturated heterocycles. The van der Waals surface area contributed by atoms with E-state index >= 15 is 0 Å². The number of para-hydroxylation sites is 1. The van der Waals surface area contributed by atoms with Crippen LogP contribution in [0.25, 0.3) is 11.0 Å². The smallest absolute Gasteiger partial charge is 0.258 e. The molecule has 172 valence electrons. The first kappa shape index (κ1) is 23.0. The third-order valence-corrected chi connectivity index (χ3v) is 6.17.